The zero-order chi connectivity index (χ0) is 15.4. The average Bonchev–Trinajstić information content (AvgIpc) is 2.47. The fraction of sp³-hybridized carbons (Fsp3) is 0.0714. The van der Waals surface area contributed by atoms with Crippen LogP contribution in [0.2, 0.25) is 10.3 Å². The van der Waals surface area contributed by atoms with E-state index in [1.54, 1.807) is 12.2 Å². The van der Waals surface area contributed by atoms with Gasteiger partial charge in [0, 0.05) is 23.5 Å². The summed E-state index contributed by atoms with van der Waals surface area (Å²) in [6.45, 7) is 0. The van der Waals surface area contributed by atoms with Crippen molar-refractivity contribution in [2.24, 2.45) is 0 Å². The Labute approximate surface area is 130 Å². The third-order valence-electron chi connectivity index (χ3n) is 2.66. The quantitative estimate of drug-likeness (QED) is 0.869. The molecular formula is C14H10Cl2N2O3. The van der Waals surface area contributed by atoms with E-state index in [0.717, 1.165) is 0 Å². The van der Waals surface area contributed by atoms with Gasteiger partial charge in [-0.05, 0) is 29.8 Å². The summed E-state index contributed by atoms with van der Waals surface area (Å²) in [5.74, 6) is -0.894. The number of carboxylic acid groups (broad SMARTS) is 1. The van der Waals surface area contributed by atoms with Crippen LogP contribution in [0.3, 0.4) is 0 Å². The number of nitrogens with zero attached hydrogens (tertiary/aromatic N) is 2. The molecule has 1 heterocycles. The zero-order valence-corrected chi connectivity index (χ0v) is 12.4. The minimum Gasteiger partial charge on any atom is -0.495 e. The van der Waals surface area contributed by atoms with Gasteiger partial charge in [0.15, 0.2) is 0 Å². The summed E-state index contributed by atoms with van der Waals surface area (Å²) in [5, 5.41) is 9.67. The van der Waals surface area contributed by atoms with Crippen LogP contribution in [0.4, 0.5) is 0 Å². The Hall–Kier alpha value is -2.11. The van der Waals surface area contributed by atoms with Crippen molar-refractivity contribution in [2.75, 3.05) is 7.11 Å². The van der Waals surface area contributed by atoms with Gasteiger partial charge in [0.2, 0.25) is 5.28 Å². The van der Waals surface area contributed by atoms with Crippen LogP contribution >= 0.6 is 23.2 Å². The first-order valence-corrected chi connectivity index (χ1v) is 6.54. The SMILES string of the molecule is COc1c(C(=O)O)ccc(Cl)c1C=Cc1cnc(Cl)nc1. The molecule has 1 aromatic carbocycles. The summed E-state index contributed by atoms with van der Waals surface area (Å²) >= 11 is 11.7. The van der Waals surface area contributed by atoms with Crippen LogP contribution in [0.1, 0.15) is 21.5 Å². The first-order chi connectivity index (χ1) is 10.0. The number of aromatic nitrogens is 2. The molecule has 1 aromatic heterocycles. The van der Waals surface area contributed by atoms with Gasteiger partial charge in [-0.1, -0.05) is 17.7 Å². The molecule has 21 heavy (non-hydrogen) atoms. The van der Waals surface area contributed by atoms with E-state index in [-0.39, 0.29) is 16.6 Å². The maximum absolute atomic E-state index is 11.2. The fourth-order valence-corrected chi connectivity index (χ4v) is 2.02. The number of carboxylic acids is 1. The lowest BCUT2D eigenvalue weighted by atomic mass is 10.1. The second-order valence-corrected chi connectivity index (χ2v) is 4.71. The molecule has 0 aliphatic carbocycles. The Morgan fingerprint density at radius 2 is 1.90 bits per heavy atom. The third-order valence-corrected chi connectivity index (χ3v) is 3.18. The summed E-state index contributed by atoms with van der Waals surface area (Å²) in [6, 6.07) is 2.90. The highest BCUT2D eigenvalue weighted by Gasteiger charge is 2.16. The van der Waals surface area contributed by atoms with Gasteiger partial charge in [-0.25, -0.2) is 14.8 Å². The van der Waals surface area contributed by atoms with Crippen LogP contribution in [0.5, 0.6) is 5.75 Å². The molecule has 0 spiro atoms. The van der Waals surface area contributed by atoms with Crippen molar-refractivity contribution in [2.45, 2.75) is 0 Å². The Bertz CT molecular complexity index is 700. The molecular weight excluding hydrogens is 315 g/mol. The number of halogens is 2. The monoisotopic (exact) mass is 324 g/mol. The van der Waals surface area contributed by atoms with E-state index in [9.17, 15) is 4.79 Å². The van der Waals surface area contributed by atoms with Gasteiger partial charge in [0.05, 0.1) is 12.1 Å². The molecule has 0 saturated heterocycles. The van der Waals surface area contributed by atoms with Gasteiger partial charge < -0.3 is 9.84 Å². The first kappa shape index (κ1) is 15.3. The molecule has 0 saturated carbocycles. The van der Waals surface area contributed by atoms with Crippen molar-refractivity contribution in [3.8, 4) is 5.75 Å². The van der Waals surface area contributed by atoms with E-state index >= 15 is 0 Å². The Balaban J connectivity index is 2.45. The number of carbonyl (C=O) groups is 1. The lowest BCUT2D eigenvalue weighted by molar-refractivity contribution is 0.0693. The molecule has 0 amide bonds. The Morgan fingerprint density at radius 1 is 1.24 bits per heavy atom. The lowest BCUT2D eigenvalue weighted by Gasteiger charge is -2.10. The molecule has 5 nitrogen and oxygen atoms in total. The molecule has 1 N–H and O–H groups in total. The minimum atomic E-state index is -1.09. The number of hydrogen-bond acceptors (Lipinski definition) is 4. The number of rotatable bonds is 4. The van der Waals surface area contributed by atoms with Crippen LogP contribution in [-0.4, -0.2) is 28.2 Å². The smallest absolute Gasteiger partial charge is 0.339 e. The van der Waals surface area contributed by atoms with E-state index < -0.39 is 5.97 Å². The molecule has 0 aliphatic heterocycles. The van der Waals surface area contributed by atoms with Crippen molar-refractivity contribution in [1.82, 2.24) is 9.97 Å². The van der Waals surface area contributed by atoms with Crippen molar-refractivity contribution in [3.05, 3.63) is 51.5 Å². The topological polar surface area (TPSA) is 72.3 Å². The van der Waals surface area contributed by atoms with Gasteiger partial charge in [0.25, 0.3) is 0 Å². The molecule has 7 heteroatoms. The molecule has 2 aromatic rings. The molecule has 0 atom stereocenters. The molecule has 0 radical (unpaired) electrons. The van der Waals surface area contributed by atoms with E-state index in [2.05, 4.69) is 9.97 Å². The second-order valence-electron chi connectivity index (χ2n) is 3.97. The summed E-state index contributed by atoms with van der Waals surface area (Å²) < 4.78 is 5.16. The number of hydrogen-bond donors (Lipinski definition) is 1. The fourth-order valence-electron chi connectivity index (χ4n) is 1.71. The van der Waals surface area contributed by atoms with Gasteiger partial charge >= 0.3 is 5.97 Å². The first-order valence-electron chi connectivity index (χ1n) is 5.78. The van der Waals surface area contributed by atoms with Crippen molar-refractivity contribution in [1.29, 1.82) is 0 Å². The van der Waals surface area contributed by atoms with Crippen LogP contribution in [0.15, 0.2) is 24.5 Å². The van der Waals surface area contributed by atoms with Crippen LogP contribution < -0.4 is 4.74 Å². The average molecular weight is 325 g/mol. The van der Waals surface area contributed by atoms with Crippen molar-refractivity contribution in [3.63, 3.8) is 0 Å². The number of aromatic carboxylic acids is 1. The highest BCUT2D eigenvalue weighted by atomic mass is 35.5. The van der Waals surface area contributed by atoms with E-state index in [4.69, 9.17) is 33.0 Å². The van der Waals surface area contributed by atoms with E-state index in [1.807, 2.05) is 0 Å². The summed E-state index contributed by atoms with van der Waals surface area (Å²) in [7, 11) is 1.39. The number of methoxy groups -OCH3 is 1. The molecule has 0 bridgehead atoms. The maximum atomic E-state index is 11.2. The standard InChI is InChI=1S/C14H10Cl2N2O3/c1-21-12-9(11(15)5-4-10(12)13(19)20)3-2-8-6-17-14(16)18-7-8/h2-7H,1H3,(H,19,20). The second kappa shape index (κ2) is 6.56. The summed E-state index contributed by atoms with van der Waals surface area (Å²) in [5.41, 5.74) is 1.20. The van der Waals surface area contributed by atoms with Gasteiger partial charge in [-0.3, -0.25) is 0 Å². The molecule has 0 aliphatic rings. The lowest BCUT2D eigenvalue weighted by Crippen LogP contribution is -2.02. The van der Waals surface area contributed by atoms with E-state index in [1.165, 1.54) is 31.6 Å². The maximum Gasteiger partial charge on any atom is 0.339 e. The predicted octanol–water partition coefficient (Wildman–Crippen LogP) is 3.66. The van der Waals surface area contributed by atoms with Gasteiger partial charge in [0.1, 0.15) is 11.3 Å². The molecule has 0 fully saturated rings. The summed E-state index contributed by atoms with van der Waals surface area (Å²) in [4.78, 5) is 18.9. The van der Waals surface area contributed by atoms with Crippen molar-refractivity contribution < 1.29 is 14.6 Å². The van der Waals surface area contributed by atoms with Crippen LogP contribution in [0, 0.1) is 0 Å². The summed E-state index contributed by atoms with van der Waals surface area (Å²) in [6.07, 6.45) is 6.40. The van der Waals surface area contributed by atoms with E-state index in [0.29, 0.717) is 16.1 Å². The Morgan fingerprint density at radius 3 is 2.48 bits per heavy atom. The van der Waals surface area contributed by atoms with Crippen LogP contribution in [0.25, 0.3) is 12.2 Å². The third kappa shape index (κ3) is 3.51. The normalized spacial score (nSPS) is 10.8. The molecule has 108 valence electrons. The predicted molar refractivity (Wildman–Crippen MR) is 80.9 cm³/mol. The van der Waals surface area contributed by atoms with Crippen molar-refractivity contribution >= 4 is 41.3 Å². The Kier molecular flexibility index (Phi) is 4.77. The number of ether oxygens (including phenoxy) is 1. The van der Waals surface area contributed by atoms with Gasteiger partial charge in [-0.2, -0.15) is 0 Å². The van der Waals surface area contributed by atoms with Crippen LogP contribution in [-0.2, 0) is 0 Å². The largest absolute Gasteiger partial charge is 0.495 e. The molecule has 0 unspecified atom stereocenters. The molecule has 2 rings (SSSR count). The number of benzene rings is 1. The minimum absolute atomic E-state index is 0.0360. The highest BCUT2D eigenvalue weighted by Crippen LogP contribution is 2.32. The van der Waals surface area contributed by atoms with Gasteiger partial charge in [-0.15, -0.1) is 0 Å². The zero-order valence-electron chi connectivity index (χ0n) is 10.9. The highest BCUT2D eigenvalue weighted by molar-refractivity contribution is 6.32.